The molecule has 4 rings (SSSR count). The van der Waals surface area contributed by atoms with Gasteiger partial charge in [-0.3, -0.25) is 5.10 Å². The molecule has 3 nitrogen and oxygen atoms in total. The number of alkyl halides is 2. The molecule has 6 heteroatoms. The number of rotatable bonds is 1. The van der Waals surface area contributed by atoms with E-state index in [9.17, 15) is 8.78 Å². The minimum absolute atomic E-state index is 0.0168. The molecule has 1 aromatic carbocycles. The number of hydrogen-bond donors (Lipinski definition) is 1. The average molecular weight is 284 g/mol. The lowest BCUT2D eigenvalue weighted by Gasteiger charge is -2.60. The molecule has 0 amide bonds. The van der Waals surface area contributed by atoms with Crippen LogP contribution in [0, 0.1) is 5.41 Å². The largest absolute Gasteiger partial charge is 0.353 e. The van der Waals surface area contributed by atoms with Gasteiger partial charge in [-0.15, -0.1) is 0 Å². The van der Waals surface area contributed by atoms with Crippen molar-refractivity contribution < 1.29 is 8.78 Å². The van der Waals surface area contributed by atoms with Gasteiger partial charge in [0, 0.05) is 19.5 Å². The van der Waals surface area contributed by atoms with Crippen molar-refractivity contribution >= 4 is 28.3 Å². The van der Waals surface area contributed by atoms with E-state index in [4.69, 9.17) is 11.6 Å². The molecule has 100 valence electrons. The van der Waals surface area contributed by atoms with Gasteiger partial charge in [-0.2, -0.15) is 5.10 Å². The predicted molar refractivity (Wildman–Crippen MR) is 69.9 cm³/mol. The number of H-pyrrole nitrogens is 1. The van der Waals surface area contributed by atoms with Crippen molar-refractivity contribution in [2.24, 2.45) is 5.41 Å². The molecule has 2 fully saturated rings. The van der Waals surface area contributed by atoms with Gasteiger partial charge in [-0.1, -0.05) is 17.7 Å². The minimum Gasteiger partial charge on any atom is -0.353 e. The minimum atomic E-state index is -2.51. The number of halogens is 3. The normalized spacial score (nSPS) is 23.4. The zero-order chi connectivity index (χ0) is 13.3. The van der Waals surface area contributed by atoms with Crippen molar-refractivity contribution in [1.29, 1.82) is 0 Å². The number of nitrogens with one attached hydrogen (secondary N) is 1. The van der Waals surface area contributed by atoms with Crippen LogP contribution in [-0.2, 0) is 0 Å². The standard InChI is InChI=1S/C13H12ClF2N3/c14-8-2-1-3-9-10(8)11(18-17-9)19-6-12(7-19)4-5-13(12,15)16/h1-3H,4-7H2,(H,17,18). The third-order valence-corrected chi connectivity index (χ3v) is 4.81. The number of hydrogen-bond acceptors (Lipinski definition) is 2. The van der Waals surface area contributed by atoms with Crippen molar-refractivity contribution in [3.8, 4) is 0 Å². The van der Waals surface area contributed by atoms with E-state index in [-0.39, 0.29) is 6.42 Å². The second-order valence-corrected chi connectivity index (χ2v) is 5.96. The Morgan fingerprint density at radius 3 is 2.68 bits per heavy atom. The van der Waals surface area contributed by atoms with Gasteiger partial charge in [-0.05, 0) is 18.6 Å². The summed E-state index contributed by atoms with van der Waals surface area (Å²) in [4.78, 5) is 1.89. The van der Waals surface area contributed by atoms with Crippen LogP contribution in [0.25, 0.3) is 10.9 Å². The molecule has 0 atom stereocenters. The third-order valence-electron chi connectivity index (χ3n) is 4.50. The van der Waals surface area contributed by atoms with E-state index in [0.29, 0.717) is 30.4 Å². The van der Waals surface area contributed by atoms with Gasteiger partial charge >= 0.3 is 0 Å². The molecule has 1 N–H and O–H groups in total. The number of fused-ring (bicyclic) bond motifs is 1. The number of aromatic nitrogens is 2. The van der Waals surface area contributed by atoms with Gasteiger partial charge in [0.15, 0.2) is 5.82 Å². The van der Waals surface area contributed by atoms with Crippen LogP contribution in [0.1, 0.15) is 12.8 Å². The third kappa shape index (κ3) is 1.34. The molecule has 2 aliphatic rings. The zero-order valence-electron chi connectivity index (χ0n) is 10.1. The highest BCUT2D eigenvalue weighted by atomic mass is 35.5. The summed E-state index contributed by atoms with van der Waals surface area (Å²) in [5.74, 6) is -1.83. The van der Waals surface area contributed by atoms with E-state index < -0.39 is 11.3 Å². The first kappa shape index (κ1) is 11.5. The van der Waals surface area contributed by atoms with Crippen LogP contribution in [0.15, 0.2) is 18.2 Å². The Bertz CT molecular complexity index is 661. The lowest BCUT2D eigenvalue weighted by molar-refractivity contribution is -0.212. The Labute approximate surface area is 113 Å². The molecule has 0 radical (unpaired) electrons. The van der Waals surface area contributed by atoms with Crippen molar-refractivity contribution in [2.45, 2.75) is 18.8 Å². The Hall–Kier alpha value is -1.36. The van der Waals surface area contributed by atoms with E-state index in [1.165, 1.54) is 0 Å². The van der Waals surface area contributed by atoms with Gasteiger partial charge in [0.2, 0.25) is 0 Å². The Morgan fingerprint density at radius 1 is 1.26 bits per heavy atom. The number of aromatic amines is 1. The lowest BCUT2D eigenvalue weighted by Crippen LogP contribution is -2.70. The summed E-state index contributed by atoms with van der Waals surface area (Å²) in [5.41, 5.74) is 0.0170. The molecule has 1 saturated carbocycles. The monoisotopic (exact) mass is 283 g/mol. The number of anilines is 1. The molecule has 1 aliphatic heterocycles. The summed E-state index contributed by atoms with van der Waals surface area (Å²) < 4.78 is 27.1. The lowest BCUT2D eigenvalue weighted by atomic mass is 9.60. The van der Waals surface area contributed by atoms with Gasteiger partial charge < -0.3 is 4.90 Å². The molecule has 2 aromatic rings. The Morgan fingerprint density at radius 2 is 2.05 bits per heavy atom. The quantitative estimate of drug-likeness (QED) is 0.869. The molecule has 1 saturated heterocycles. The van der Waals surface area contributed by atoms with Gasteiger partial charge in [0.05, 0.1) is 21.3 Å². The van der Waals surface area contributed by atoms with E-state index in [1.54, 1.807) is 6.07 Å². The Balaban J connectivity index is 1.68. The number of benzene rings is 1. The summed E-state index contributed by atoms with van der Waals surface area (Å²) in [7, 11) is 0. The summed E-state index contributed by atoms with van der Waals surface area (Å²) >= 11 is 6.17. The first-order valence-electron chi connectivity index (χ1n) is 6.28. The zero-order valence-corrected chi connectivity index (χ0v) is 10.8. The first-order valence-corrected chi connectivity index (χ1v) is 6.66. The second-order valence-electron chi connectivity index (χ2n) is 5.55. The van der Waals surface area contributed by atoms with Crippen molar-refractivity contribution in [3.63, 3.8) is 0 Å². The molecule has 1 aliphatic carbocycles. The average Bonchev–Trinajstić information content (AvgIpc) is 2.72. The molecule has 1 aromatic heterocycles. The topological polar surface area (TPSA) is 31.9 Å². The van der Waals surface area contributed by atoms with Crippen LogP contribution >= 0.6 is 11.6 Å². The number of nitrogens with zero attached hydrogens (tertiary/aromatic N) is 2. The molecule has 1 spiro atoms. The molecule has 0 unspecified atom stereocenters. The van der Waals surface area contributed by atoms with E-state index in [0.717, 1.165) is 10.9 Å². The van der Waals surface area contributed by atoms with E-state index in [1.807, 2.05) is 17.0 Å². The van der Waals surface area contributed by atoms with Gasteiger partial charge in [0.1, 0.15) is 0 Å². The second kappa shape index (κ2) is 3.39. The highest BCUT2D eigenvalue weighted by Gasteiger charge is 2.67. The summed E-state index contributed by atoms with van der Waals surface area (Å²) in [5, 5.41) is 8.54. The highest BCUT2D eigenvalue weighted by Crippen LogP contribution is 2.59. The van der Waals surface area contributed by atoms with Gasteiger partial charge in [0.25, 0.3) is 5.92 Å². The van der Waals surface area contributed by atoms with Crippen LogP contribution in [0.3, 0.4) is 0 Å². The van der Waals surface area contributed by atoms with Crippen LogP contribution in [-0.4, -0.2) is 29.2 Å². The Kier molecular flexibility index (Phi) is 2.05. The van der Waals surface area contributed by atoms with Crippen molar-refractivity contribution in [2.75, 3.05) is 18.0 Å². The molecule has 2 heterocycles. The maximum Gasteiger partial charge on any atom is 0.257 e. The SMILES string of the molecule is FC1(F)CCC12CN(c1n[nH]c3cccc(Cl)c13)C2. The van der Waals surface area contributed by atoms with E-state index >= 15 is 0 Å². The molecular formula is C13H12ClF2N3. The van der Waals surface area contributed by atoms with Crippen molar-refractivity contribution in [3.05, 3.63) is 23.2 Å². The summed E-state index contributed by atoms with van der Waals surface area (Å²) in [6.45, 7) is 0.732. The van der Waals surface area contributed by atoms with Crippen LogP contribution in [0.5, 0.6) is 0 Å². The summed E-state index contributed by atoms with van der Waals surface area (Å²) in [6, 6.07) is 5.51. The predicted octanol–water partition coefficient (Wildman–Crippen LogP) is 3.45. The summed E-state index contributed by atoms with van der Waals surface area (Å²) in [6.07, 6.45) is 0.621. The molecular weight excluding hydrogens is 272 g/mol. The first-order chi connectivity index (χ1) is 9.02. The van der Waals surface area contributed by atoms with Crippen LogP contribution < -0.4 is 4.90 Å². The highest BCUT2D eigenvalue weighted by molar-refractivity contribution is 6.36. The van der Waals surface area contributed by atoms with Crippen LogP contribution in [0.2, 0.25) is 5.02 Å². The fraction of sp³-hybridized carbons (Fsp3) is 0.462. The maximum atomic E-state index is 13.6. The fourth-order valence-corrected chi connectivity index (χ4v) is 3.39. The molecule has 19 heavy (non-hydrogen) atoms. The van der Waals surface area contributed by atoms with Crippen LogP contribution in [0.4, 0.5) is 14.6 Å². The smallest absolute Gasteiger partial charge is 0.257 e. The van der Waals surface area contributed by atoms with Crippen molar-refractivity contribution in [1.82, 2.24) is 10.2 Å². The van der Waals surface area contributed by atoms with E-state index in [2.05, 4.69) is 10.2 Å². The maximum absolute atomic E-state index is 13.6. The van der Waals surface area contributed by atoms with Gasteiger partial charge in [-0.25, -0.2) is 8.78 Å². The fourth-order valence-electron chi connectivity index (χ4n) is 3.13. The molecule has 0 bridgehead atoms.